The summed E-state index contributed by atoms with van der Waals surface area (Å²) in [5.74, 6) is -0.0671. The maximum atomic E-state index is 12.3. The summed E-state index contributed by atoms with van der Waals surface area (Å²) in [5.41, 5.74) is 0. The van der Waals surface area contributed by atoms with Crippen LogP contribution in [-0.4, -0.2) is 34.9 Å². The van der Waals surface area contributed by atoms with E-state index in [1.807, 2.05) is 6.08 Å². The first-order valence-corrected chi connectivity index (χ1v) is 19.6. The Morgan fingerprint density at radius 3 is 1.25 bits per heavy atom. The van der Waals surface area contributed by atoms with Crippen LogP contribution < -0.4 is 5.32 Å². The minimum atomic E-state index is -0.834. The Balaban J connectivity index is 3.50. The first-order chi connectivity index (χ1) is 21.7. The normalized spacial score (nSPS) is 13.3. The number of carbonyl (C=O) groups excluding carboxylic acids is 1. The first kappa shape index (κ1) is 42.9. The third-order valence-corrected chi connectivity index (χ3v) is 8.93. The fourth-order valence-electron chi connectivity index (χ4n) is 5.88. The van der Waals surface area contributed by atoms with E-state index in [1.165, 1.54) is 161 Å². The van der Waals surface area contributed by atoms with E-state index in [-0.39, 0.29) is 12.5 Å². The Morgan fingerprint density at radius 1 is 0.523 bits per heavy atom. The smallest absolute Gasteiger partial charge is 0.220 e. The van der Waals surface area contributed by atoms with Crippen LogP contribution >= 0.6 is 0 Å². The topological polar surface area (TPSA) is 69.6 Å². The molecule has 3 N–H and O–H groups in total. The van der Waals surface area contributed by atoms with Crippen molar-refractivity contribution in [3.05, 3.63) is 24.3 Å². The van der Waals surface area contributed by atoms with Crippen LogP contribution in [0.5, 0.6) is 0 Å². The Labute approximate surface area is 275 Å². The molecule has 0 saturated carbocycles. The molecule has 44 heavy (non-hydrogen) atoms. The van der Waals surface area contributed by atoms with E-state index in [0.29, 0.717) is 6.42 Å². The Kier molecular flexibility index (Phi) is 35.4. The number of allylic oxidation sites excluding steroid dienone is 3. The van der Waals surface area contributed by atoms with Crippen molar-refractivity contribution < 1.29 is 15.0 Å². The highest BCUT2D eigenvalue weighted by atomic mass is 16.3. The van der Waals surface area contributed by atoms with Gasteiger partial charge >= 0.3 is 0 Å². The quantitative estimate of drug-likeness (QED) is 0.0488. The molecule has 2 unspecified atom stereocenters. The van der Waals surface area contributed by atoms with Gasteiger partial charge in [0.1, 0.15) is 0 Å². The summed E-state index contributed by atoms with van der Waals surface area (Å²) in [6.45, 7) is 4.28. The van der Waals surface area contributed by atoms with E-state index in [4.69, 9.17) is 0 Å². The largest absolute Gasteiger partial charge is 0.394 e. The molecule has 0 aliphatic carbocycles. The lowest BCUT2D eigenvalue weighted by atomic mass is 10.0. The molecule has 0 radical (unpaired) electrons. The molecule has 0 heterocycles. The fourth-order valence-corrected chi connectivity index (χ4v) is 5.88. The molecule has 260 valence electrons. The summed E-state index contributed by atoms with van der Waals surface area (Å²) in [4.78, 5) is 12.3. The van der Waals surface area contributed by atoms with Crippen molar-refractivity contribution in [1.82, 2.24) is 5.32 Å². The fraction of sp³-hybridized carbons (Fsp3) is 0.875. The summed E-state index contributed by atoms with van der Waals surface area (Å²) >= 11 is 0. The van der Waals surface area contributed by atoms with Crippen molar-refractivity contribution in [2.75, 3.05) is 6.61 Å². The van der Waals surface area contributed by atoms with Crippen molar-refractivity contribution >= 4 is 5.91 Å². The van der Waals surface area contributed by atoms with Crippen LogP contribution in [0.4, 0.5) is 0 Å². The molecule has 4 heteroatoms. The molecule has 1 amide bonds. The lowest BCUT2D eigenvalue weighted by molar-refractivity contribution is -0.123. The van der Waals surface area contributed by atoms with Gasteiger partial charge in [-0.3, -0.25) is 4.79 Å². The van der Waals surface area contributed by atoms with Crippen LogP contribution in [0.2, 0.25) is 0 Å². The average Bonchev–Trinajstić information content (AvgIpc) is 3.03. The van der Waals surface area contributed by atoms with Crippen LogP contribution in [0.3, 0.4) is 0 Å². The van der Waals surface area contributed by atoms with Gasteiger partial charge in [0.25, 0.3) is 0 Å². The van der Waals surface area contributed by atoms with Crippen LogP contribution in [0, 0.1) is 0 Å². The highest BCUT2D eigenvalue weighted by Gasteiger charge is 2.17. The number of rotatable bonds is 35. The first-order valence-electron chi connectivity index (χ1n) is 19.6. The van der Waals surface area contributed by atoms with Gasteiger partial charge in [-0.15, -0.1) is 0 Å². The lowest BCUT2D eigenvalue weighted by Crippen LogP contribution is -2.45. The zero-order chi connectivity index (χ0) is 32.2. The molecule has 0 aliphatic heterocycles. The van der Waals surface area contributed by atoms with Gasteiger partial charge in [-0.25, -0.2) is 0 Å². The summed E-state index contributed by atoms with van der Waals surface area (Å²) in [5, 5.41) is 22.8. The molecule has 2 atom stereocenters. The van der Waals surface area contributed by atoms with Gasteiger partial charge in [-0.1, -0.05) is 179 Å². The van der Waals surface area contributed by atoms with Gasteiger partial charge in [0, 0.05) is 6.42 Å². The molecule has 0 aromatic carbocycles. The monoisotopic (exact) mass is 620 g/mol. The Morgan fingerprint density at radius 2 is 0.864 bits per heavy atom. The van der Waals surface area contributed by atoms with Crippen molar-refractivity contribution in [3.63, 3.8) is 0 Å². The molecule has 0 aromatic heterocycles. The number of amides is 1. The van der Waals surface area contributed by atoms with Crippen molar-refractivity contribution in [2.24, 2.45) is 0 Å². The minimum absolute atomic E-state index is 0.0671. The van der Waals surface area contributed by atoms with Crippen LogP contribution in [0.1, 0.15) is 206 Å². The van der Waals surface area contributed by atoms with Gasteiger partial charge in [-0.2, -0.15) is 0 Å². The number of hydrogen-bond acceptors (Lipinski definition) is 3. The number of carbonyl (C=O) groups is 1. The van der Waals surface area contributed by atoms with E-state index < -0.39 is 12.1 Å². The SMILES string of the molecule is CCCCCCCCC/C=C/C(O)C(CO)NC(=O)CCCCCCCCCCCCC/C=C\CCCCCCCCCC. The Bertz CT molecular complexity index is 632. The molecular weight excluding hydrogens is 542 g/mol. The molecular formula is C40H77NO3. The number of hydrogen-bond donors (Lipinski definition) is 3. The molecule has 0 bridgehead atoms. The van der Waals surface area contributed by atoms with E-state index in [2.05, 4.69) is 31.3 Å². The standard InChI is InChI=1S/C40H77NO3/c1-3-5-7-9-11-13-14-15-16-17-18-19-20-21-22-23-24-25-26-28-30-32-34-36-40(44)41-38(37-42)39(43)35-33-31-29-27-12-10-8-6-4-2/h17-18,33,35,38-39,42-43H,3-16,19-32,34,36-37H2,1-2H3,(H,41,44)/b18-17-,35-33+. The van der Waals surface area contributed by atoms with Gasteiger partial charge in [0.2, 0.25) is 5.91 Å². The van der Waals surface area contributed by atoms with Gasteiger partial charge in [-0.05, 0) is 44.9 Å². The second kappa shape index (κ2) is 36.3. The van der Waals surface area contributed by atoms with Crippen molar-refractivity contribution in [1.29, 1.82) is 0 Å². The van der Waals surface area contributed by atoms with E-state index in [1.54, 1.807) is 6.08 Å². The van der Waals surface area contributed by atoms with Crippen LogP contribution in [-0.2, 0) is 4.79 Å². The number of aliphatic hydroxyl groups is 2. The van der Waals surface area contributed by atoms with E-state index in [9.17, 15) is 15.0 Å². The number of aliphatic hydroxyl groups excluding tert-OH is 2. The van der Waals surface area contributed by atoms with Crippen molar-refractivity contribution in [3.8, 4) is 0 Å². The predicted molar refractivity (Wildman–Crippen MR) is 193 cm³/mol. The lowest BCUT2D eigenvalue weighted by Gasteiger charge is -2.20. The molecule has 0 fully saturated rings. The summed E-state index contributed by atoms with van der Waals surface area (Å²) in [6, 6.07) is -0.617. The molecule has 0 aliphatic rings. The van der Waals surface area contributed by atoms with Gasteiger partial charge in [0.15, 0.2) is 0 Å². The number of nitrogens with one attached hydrogen (secondary N) is 1. The second-order valence-electron chi connectivity index (χ2n) is 13.3. The second-order valence-corrected chi connectivity index (χ2v) is 13.3. The van der Waals surface area contributed by atoms with Gasteiger partial charge in [0.05, 0.1) is 18.8 Å². The molecule has 0 rings (SSSR count). The number of unbranched alkanes of at least 4 members (excludes halogenated alkanes) is 26. The Hall–Kier alpha value is -1.13. The van der Waals surface area contributed by atoms with Crippen molar-refractivity contribution in [2.45, 2.75) is 219 Å². The van der Waals surface area contributed by atoms with E-state index in [0.717, 1.165) is 25.7 Å². The third kappa shape index (κ3) is 32.3. The highest BCUT2D eigenvalue weighted by molar-refractivity contribution is 5.76. The summed E-state index contributed by atoms with van der Waals surface area (Å²) in [7, 11) is 0. The zero-order valence-corrected chi connectivity index (χ0v) is 29.7. The molecule has 0 aromatic rings. The minimum Gasteiger partial charge on any atom is -0.394 e. The average molecular weight is 620 g/mol. The maximum Gasteiger partial charge on any atom is 0.220 e. The molecule has 4 nitrogen and oxygen atoms in total. The predicted octanol–water partition coefficient (Wildman–Crippen LogP) is 11.7. The summed E-state index contributed by atoms with van der Waals surface area (Å²) < 4.78 is 0. The van der Waals surface area contributed by atoms with Gasteiger partial charge < -0.3 is 15.5 Å². The third-order valence-electron chi connectivity index (χ3n) is 8.93. The summed E-state index contributed by atoms with van der Waals surface area (Å²) in [6.07, 6.45) is 45.6. The highest BCUT2D eigenvalue weighted by Crippen LogP contribution is 2.14. The molecule has 0 saturated heterocycles. The maximum absolute atomic E-state index is 12.3. The van der Waals surface area contributed by atoms with Crippen LogP contribution in [0.25, 0.3) is 0 Å². The molecule has 0 spiro atoms. The van der Waals surface area contributed by atoms with Crippen LogP contribution in [0.15, 0.2) is 24.3 Å². The zero-order valence-electron chi connectivity index (χ0n) is 29.7. The van der Waals surface area contributed by atoms with E-state index >= 15 is 0 Å².